The Morgan fingerprint density at radius 3 is 2.45 bits per heavy atom. The first-order chi connectivity index (χ1) is 9.38. The maximum atomic E-state index is 12.3. The average molecular weight is 300 g/mol. The number of nitrogens with one attached hydrogen (secondary N) is 1. The highest BCUT2D eigenvalue weighted by Gasteiger charge is 2.21. The van der Waals surface area contributed by atoms with Crippen molar-refractivity contribution in [2.45, 2.75) is 64.8 Å². The van der Waals surface area contributed by atoms with E-state index in [0.717, 1.165) is 6.42 Å². The molecule has 0 bridgehead atoms. The van der Waals surface area contributed by atoms with Gasteiger partial charge in [0.2, 0.25) is 5.91 Å². The highest BCUT2D eigenvalue weighted by molar-refractivity contribution is 7.99. The van der Waals surface area contributed by atoms with Crippen molar-refractivity contribution in [3.8, 4) is 0 Å². The lowest BCUT2D eigenvalue weighted by molar-refractivity contribution is -0.131. The van der Waals surface area contributed by atoms with Crippen LogP contribution in [0.25, 0.3) is 0 Å². The molecule has 0 saturated carbocycles. The predicted octanol–water partition coefficient (Wildman–Crippen LogP) is 1.72. The number of nitrogens with zero attached hydrogens (tertiary/aromatic N) is 3. The molecule has 0 atom stereocenters. The first-order valence-corrected chi connectivity index (χ1v) is 7.96. The molecule has 0 aliphatic heterocycles. The third-order valence-electron chi connectivity index (χ3n) is 2.90. The Labute approximate surface area is 123 Å². The van der Waals surface area contributed by atoms with Gasteiger partial charge >= 0.3 is 5.69 Å². The lowest BCUT2D eigenvalue weighted by Gasteiger charge is -2.30. The molecule has 1 aromatic rings. The minimum Gasteiger partial charge on any atom is -0.337 e. The van der Waals surface area contributed by atoms with E-state index in [1.807, 2.05) is 39.5 Å². The molecule has 1 aromatic heterocycles. The topological polar surface area (TPSA) is 71.0 Å². The Kier molecular flexibility index (Phi) is 6.32. The molecule has 0 aliphatic carbocycles. The zero-order valence-electron chi connectivity index (χ0n) is 12.8. The molecule has 1 rings (SSSR count). The van der Waals surface area contributed by atoms with Gasteiger partial charge in [0.25, 0.3) is 0 Å². The number of thioether (sulfide) groups is 1. The van der Waals surface area contributed by atoms with Gasteiger partial charge in [-0.1, -0.05) is 18.7 Å². The van der Waals surface area contributed by atoms with Crippen LogP contribution in [0, 0.1) is 0 Å². The Balaban J connectivity index is 2.72. The lowest BCUT2D eigenvalue weighted by Crippen LogP contribution is -2.43. The molecular formula is C13H24N4O2S. The van der Waals surface area contributed by atoms with Gasteiger partial charge in [0.05, 0.1) is 5.75 Å². The normalized spacial score (nSPS) is 11.3. The number of aromatic amines is 1. The molecule has 1 heterocycles. The fraction of sp³-hybridized carbons (Fsp3) is 0.769. The van der Waals surface area contributed by atoms with Crippen LogP contribution in [0.3, 0.4) is 0 Å². The van der Waals surface area contributed by atoms with Crippen molar-refractivity contribution in [1.29, 1.82) is 0 Å². The van der Waals surface area contributed by atoms with Crippen LogP contribution in [-0.4, -0.2) is 43.4 Å². The Hall–Kier alpha value is -1.24. The largest absolute Gasteiger partial charge is 0.343 e. The molecule has 114 valence electrons. The Bertz CT molecular complexity index is 485. The van der Waals surface area contributed by atoms with Crippen LogP contribution in [0.2, 0.25) is 0 Å². The molecule has 0 spiro atoms. The highest BCUT2D eigenvalue weighted by Crippen LogP contribution is 2.16. The van der Waals surface area contributed by atoms with E-state index in [9.17, 15) is 9.59 Å². The van der Waals surface area contributed by atoms with E-state index in [1.165, 1.54) is 11.8 Å². The van der Waals surface area contributed by atoms with Gasteiger partial charge in [-0.2, -0.15) is 0 Å². The fourth-order valence-corrected chi connectivity index (χ4v) is 3.05. The predicted molar refractivity (Wildman–Crippen MR) is 81.0 cm³/mol. The molecule has 0 saturated heterocycles. The van der Waals surface area contributed by atoms with Gasteiger partial charge in [-0.05, 0) is 34.1 Å². The standard InChI is InChI=1S/C13H24N4O2S/c1-6-7-16-12(19)14-15-13(16)20-8-11(18)17(9(2)3)10(4)5/h9-10H,6-8H2,1-5H3,(H,14,19). The molecule has 20 heavy (non-hydrogen) atoms. The van der Waals surface area contributed by atoms with Crippen LogP contribution in [0.5, 0.6) is 0 Å². The Morgan fingerprint density at radius 2 is 1.95 bits per heavy atom. The SMILES string of the molecule is CCCn1c(SCC(=O)N(C(C)C)C(C)C)n[nH]c1=O. The van der Waals surface area contributed by atoms with Gasteiger partial charge in [0.1, 0.15) is 0 Å². The summed E-state index contributed by atoms with van der Waals surface area (Å²) in [4.78, 5) is 25.7. The monoisotopic (exact) mass is 300 g/mol. The summed E-state index contributed by atoms with van der Waals surface area (Å²) in [6, 6.07) is 0.334. The quantitative estimate of drug-likeness (QED) is 0.778. The first kappa shape index (κ1) is 16.8. The zero-order valence-corrected chi connectivity index (χ0v) is 13.7. The highest BCUT2D eigenvalue weighted by atomic mass is 32.2. The smallest absolute Gasteiger partial charge is 0.337 e. The summed E-state index contributed by atoms with van der Waals surface area (Å²) in [5.74, 6) is 0.364. The third kappa shape index (κ3) is 4.13. The summed E-state index contributed by atoms with van der Waals surface area (Å²) >= 11 is 1.31. The zero-order chi connectivity index (χ0) is 15.3. The lowest BCUT2D eigenvalue weighted by atomic mass is 10.2. The maximum absolute atomic E-state index is 12.3. The van der Waals surface area contributed by atoms with Gasteiger partial charge in [-0.3, -0.25) is 9.36 Å². The number of amides is 1. The number of hydrogen-bond donors (Lipinski definition) is 1. The summed E-state index contributed by atoms with van der Waals surface area (Å²) in [6.07, 6.45) is 0.852. The van der Waals surface area contributed by atoms with Gasteiger partial charge in [-0.25, -0.2) is 9.89 Å². The maximum Gasteiger partial charge on any atom is 0.343 e. The van der Waals surface area contributed by atoms with Crippen molar-refractivity contribution in [2.24, 2.45) is 0 Å². The molecule has 1 amide bonds. The molecule has 0 unspecified atom stereocenters. The van der Waals surface area contributed by atoms with Crippen molar-refractivity contribution in [3.63, 3.8) is 0 Å². The van der Waals surface area contributed by atoms with E-state index in [0.29, 0.717) is 17.5 Å². The van der Waals surface area contributed by atoms with Crippen LogP contribution in [0.4, 0.5) is 0 Å². The van der Waals surface area contributed by atoms with Gasteiger partial charge in [0, 0.05) is 18.6 Å². The first-order valence-electron chi connectivity index (χ1n) is 6.97. The molecule has 0 fully saturated rings. The van der Waals surface area contributed by atoms with E-state index in [-0.39, 0.29) is 23.7 Å². The summed E-state index contributed by atoms with van der Waals surface area (Å²) in [5.41, 5.74) is -0.216. The summed E-state index contributed by atoms with van der Waals surface area (Å²) < 4.78 is 1.58. The van der Waals surface area contributed by atoms with E-state index in [2.05, 4.69) is 10.2 Å². The van der Waals surface area contributed by atoms with Crippen LogP contribution >= 0.6 is 11.8 Å². The fourth-order valence-electron chi connectivity index (χ4n) is 2.21. The number of hydrogen-bond acceptors (Lipinski definition) is 4. The number of H-pyrrole nitrogens is 1. The average Bonchev–Trinajstić information content (AvgIpc) is 2.68. The van der Waals surface area contributed by atoms with Crippen molar-refractivity contribution >= 4 is 17.7 Å². The van der Waals surface area contributed by atoms with Crippen LogP contribution in [0.15, 0.2) is 9.95 Å². The molecular weight excluding hydrogens is 276 g/mol. The van der Waals surface area contributed by atoms with E-state index in [1.54, 1.807) is 4.57 Å². The Morgan fingerprint density at radius 1 is 1.35 bits per heavy atom. The number of rotatable bonds is 7. The second-order valence-electron chi connectivity index (χ2n) is 5.24. The van der Waals surface area contributed by atoms with Crippen molar-refractivity contribution in [2.75, 3.05) is 5.75 Å². The van der Waals surface area contributed by atoms with E-state index in [4.69, 9.17) is 0 Å². The van der Waals surface area contributed by atoms with Crippen molar-refractivity contribution < 1.29 is 4.79 Å². The van der Waals surface area contributed by atoms with Crippen LogP contribution in [0.1, 0.15) is 41.0 Å². The van der Waals surface area contributed by atoms with Crippen molar-refractivity contribution in [3.05, 3.63) is 10.5 Å². The minimum absolute atomic E-state index is 0.0681. The molecule has 0 aromatic carbocycles. The second kappa shape index (κ2) is 7.52. The van der Waals surface area contributed by atoms with Crippen LogP contribution < -0.4 is 5.69 Å². The molecule has 7 heteroatoms. The molecule has 0 aliphatic rings. The third-order valence-corrected chi connectivity index (χ3v) is 3.86. The second-order valence-corrected chi connectivity index (χ2v) is 6.18. The van der Waals surface area contributed by atoms with Gasteiger partial charge in [0.15, 0.2) is 5.16 Å². The summed E-state index contributed by atoms with van der Waals surface area (Å²) in [6.45, 7) is 10.6. The molecule has 0 radical (unpaired) electrons. The number of aromatic nitrogens is 3. The van der Waals surface area contributed by atoms with Gasteiger partial charge in [-0.15, -0.1) is 5.10 Å². The minimum atomic E-state index is -0.216. The number of carbonyl (C=O) groups excluding carboxylic acids is 1. The molecule has 1 N–H and O–H groups in total. The molecule has 6 nitrogen and oxygen atoms in total. The van der Waals surface area contributed by atoms with E-state index >= 15 is 0 Å². The van der Waals surface area contributed by atoms with Gasteiger partial charge < -0.3 is 4.90 Å². The van der Waals surface area contributed by atoms with Crippen molar-refractivity contribution in [1.82, 2.24) is 19.7 Å². The summed E-state index contributed by atoms with van der Waals surface area (Å²) in [7, 11) is 0. The van der Waals surface area contributed by atoms with E-state index < -0.39 is 0 Å². The summed E-state index contributed by atoms with van der Waals surface area (Å²) in [5, 5.41) is 6.99. The van der Waals surface area contributed by atoms with Crippen LogP contribution in [-0.2, 0) is 11.3 Å². The number of carbonyl (C=O) groups is 1.